The van der Waals surface area contributed by atoms with E-state index in [1.165, 1.54) is 11.8 Å². The number of amidine groups is 1. The van der Waals surface area contributed by atoms with Crippen molar-refractivity contribution in [1.82, 2.24) is 5.32 Å². The highest BCUT2D eigenvalue weighted by molar-refractivity contribution is 8.18. The number of carbonyl (C=O) groups is 1. The van der Waals surface area contributed by atoms with Crippen molar-refractivity contribution in [3.05, 3.63) is 52.8 Å². The molecular weight excluding hydrogens is 328 g/mol. The number of thioether (sulfide) groups is 1. The third-order valence-corrected chi connectivity index (χ3v) is 4.26. The van der Waals surface area contributed by atoms with Crippen molar-refractivity contribution in [2.24, 2.45) is 4.99 Å². The maximum absolute atomic E-state index is 12.1. The van der Waals surface area contributed by atoms with Crippen molar-refractivity contribution in [2.75, 3.05) is 14.2 Å². The van der Waals surface area contributed by atoms with Crippen molar-refractivity contribution in [2.45, 2.75) is 6.54 Å². The molecule has 0 aliphatic carbocycles. The molecule has 2 aromatic rings. The van der Waals surface area contributed by atoms with E-state index in [9.17, 15) is 4.79 Å². The molecule has 0 atom stereocenters. The largest absolute Gasteiger partial charge is 0.493 e. The van der Waals surface area contributed by atoms with E-state index in [4.69, 9.17) is 13.9 Å². The van der Waals surface area contributed by atoms with Crippen LogP contribution >= 0.6 is 11.8 Å². The lowest BCUT2D eigenvalue weighted by atomic mass is 10.2. The molecule has 0 spiro atoms. The van der Waals surface area contributed by atoms with Crippen LogP contribution in [0.15, 0.2) is 50.9 Å². The van der Waals surface area contributed by atoms with E-state index in [0.717, 1.165) is 11.3 Å². The molecular formula is C17H16N2O4S. The predicted molar refractivity (Wildman–Crippen MR) is 93.1 cm³/mol. The molecule has 0 unspecified atom stereocenters. The Labute approximate surface area is 143 Å². The Morgan fingerprint density at radius 1 is 1.25 bits per heavy atom. The lowest BCUT2D eigenvalue weighted by molar-refractivity contribution is -0.115. The highest BCUT2D eigenvalue weighted by atomic mass is 32.2. The van der Waals surface area contributed by atoms with E-state index in [1.54, 1.807) is 38.7 Å². The van der Waals surface area contributed by atoms with Crippen LogP contribution in [0.3, 0.4) is 0 Å². The van der Waals surface area contributed by atoms with E-state index in [-0.39, 0.29) is 5.91 Å². The number of nitrogens with one attached hydrogen (secondary N) is 1. The number of methoxy groups -OCH3 is 2. The standard InChI is InChI=1S/C17H16N2O4S/c1-21-13-6-5-11(8-14(13)22-2)9-15-16(20)19-17(24-15)18-10-12-4-3-7-23-12/h3-9H,10H2,1-2H3,(H,18,19,20)/b15-9-. The lowest BCUT2D eigenvalue weighted by Crippen LogP contribution is -2.19. The van der Waals surface area contributed by atoms with Crippen LogP contribution in [0.1, 0.15) is 11.3 Å². The van der Waals surface area contributed by atoms with Gasteiger partial charge in [0.05, 0.1) is 31.9 Å². The minimum absolute atomic E-state index is 0.173. The smallest absolute Gasteiger partial charge is 0.264 e. The van der Waals surface area contributed by atoms with Crippen molar-refractivity contribution in [3.63, 3.8) is 0 Å². The molecule has 24 heavy (non-hydrogen) atoms. The molecule has 0 radical (unpaired) electrons. The Bertz CT molecular complexity index is 797. The van der Waals surface area contributed by atoms with Gasteiger partial charge in [0.1, 0.15) is 5.76 Å². The topological polar surface area (TPSA) is 73.1 Å². The van der Waals surface area contributed by atoms with E-state index in [0.29, 0.717) is 28.1 Å². The molecule has 1 aliphatic heterocycles. The molecule has 1 aromatic heterocycles. The van der Waals surface area contributed by atoms with Gasteiger partial charge in [-0.15, -0.1) is 0 Å². The average molecular weight is 344 g/mol. The van der Waals surface area contributed by atoms with E-state index in [1.807, 2.05) is 18.2 Å². The first-order valence-electron chi connectivity index (χ1n) is 7.19. The molecule has 2 heterocycles. The minimum atomic E-state index is -0.173. The second-order valence-electron chi connectivity index (χ2n) is 4.88. The summed E-state index contributed by atoms with van der Waals surface area (Å²) in [6, 6.07) is 9.12. The van der Waals surface area contributed by atoms with E-state index < -0.39 is 0 Å². The number of carbonyl (C=O) groups excluding carboxylic acids is 1. The van der Waals surface area contributed by atoms with Crippen molar-refractivity contribution >= 4 is 28.9 Å². The fraction of sp³-hybridized carbons (Fsp3) is 0.176. The van der Waals surface area contributed by atoms with Crippen molar-refractivity contribution < 1.29 is 18.7 Å². The predicted octanol–water partition coefficient (Wildman–Crippen LogP) is 3.06. The summed E-state index contributed by atoms with van der Waals surface area (Å²) in [6.07, 6.45) is 3.38. The molecule has 1 aromatic carbocycles. The van der Waals surface area contributed by atoms with Gasteiger partial charge in [0.2, 0.25) is 0 Å². The van der Waals surface area contributed by atoms with Gasteiger partial charge < -0.3 is 19.2 Å². The van der Waals surface area contributed by atoms with Crippen LogP contribution in [-0.4, -0.2) is 25.3 Å². The Morgan fingerprint density at radius 2 is 2.08 bits per heavy atom. The number of hydrogen-bond acceptors (Lipinski definition) is 6. The van der Waals surface area contributed by atoms with Crippen molar-refractivity contribution in [3.8, 4) is 11.5 Å². The summed E-state index contributed by atoms with van der Waals surface area (Å²) in [6.45, 7) is 0.388. The Morgan fingerprint density at radius 3 is 2.79 bits per heavy atom. The van der Waals surface area contributed by atoms with Gasteiger partial charge in [-0.2, -0.15) is 0 Å². The summed E-state index contributed by atoms with van der Waals surface area (Å²) < 4.78 is 15.7. The molecule has 7 heteroatoms. The van der Waals surface area contributed by atoms with Crippen LogP contribution in [0.2, 0.25) is 0 Å². The molecule has 3 rings (SSSR count). The van der Waals surface area contributed by atoms with Gasteiger partial charge in [-0.3, -0.25) is 9.79 Å². The fourth-order valence-corrected chi connectivity index (χ4v) is 2.97. The van der Waals surface area contributed by atoms with Crippen LogP contribution < -0.4 is 14.8 Å². The van der Waals surface area contributed by atoms with Crippen LogP contribution in [0.4, 0.5) is 0 Å². The maximum atomic E-state index is 12.1. The zero-order chi connectivity index (χ0) is 16.9. The number of nitrogens with zero attached hydrogens (tertiary/aromatic N) is 1. The number of ether oxygens (including phenoxy) is 2. The van der Waals surface area contributed by atoms with Crippen LogP contribution in [0.5, 0.6) is 11.5 Å². The Hall–Kier alpha value is -2.67. The van der Waals surface area contributed by atoms with Gasteiger partial charge in [-0.05, 0) is 47.7 Å². The highest BCUT2D eigenvalue weighted by Crippen LogP contribution is 2.31. The van der Waals surface area contributed by atoms with Gasteiger partial charge in [0.15, 0.2) is 16.7 Å². The summed E-state index contributed by atoms with van der Waals surface area (Å²) in [7, 11) is 3.16. The van der Waals surface area contributed by atoms with Gasteiger partial charge in [-0.25, -0.2) is 0 Å². The van der Waals surface area contributed by atoms with Gasteiger partial charge in [0.25, 0.3) is 5.91 Å². The second-order valence-corrected chi connectivity index (χ2v) is 5.91. The monoisotopic (exact) mass is 344 g/mol. The summed E-state index contributed by atoms with van der Waals surface area (Å²) in [5, 5.41) is 3.30. The zero-order valence-corrected chi connectivity index (χ0v) is 14.1. The SMILES string of the molecule is COc1ccc(/C=C2\SC(=NCc3ccco3)NC2=O)cc1OC. The summed E-state index contributed by atoms with van der Waals surface area (Å²) in [4.78, 5) is 17.0. The average Bonchev–Trinajstić information content (AvgIpc) is 3.23. The summed E-state index contributed by atoms with van der Waals surface area (Å²) in [5.41, 5.74) is 0.845. The van der Waals surface area contributed by atoms with Crippen LogP contribution in [-0.2, 0) is 11.3 Å². The van der Waals surface area contributed by atoms with Crippen LogP contribution in [0.25, 0.3) is 6.08 Å². The number of benzene rings is 1. The molecule has 1 N–H and O–H groups in total. The normalized spacial score (nSPS) is 17.3. The Balaban J connectivity index is 1.76. The first-order valence-corrected chi connectivity index (χ1v) is 8.01. The Kier molecular flexibility index (Phi) is 4.90. The van der Waals surface area contributed by atoms with Crippen LogP contribution in [0, 0.1) is 0 Å². The van der Waals surface area contributed by atoms with E-state index >= 15 is 0 Å². The van der Waals surface area contributed by atoms with Crippen molar-refractivity contribution in [1.29, 1.82) is 0 Å². The van der Waals surface area contributed by atoms with Gasteiger partial charge in [-0.1, -0.05) is 6.07 Å². The molecule has 6 nitrogen and oxygen atoms in total. The van der Waals surface area contributed by atoms with E-state index in [2.05, 4.69) is 10.3 Å². The lowest BCUT2D eigenvalue weighted by Gasteiger charge is -2.07. The summed E-state index contributed by atoms with van der Waals surface area (Å²) in [5.74, 6) is 1.83. The minimum Gasteiger partial charge on any atom is -0.493 e. The first-order chi connectivity index (χ1) is 11.7. The first kappa shape index (κ1) is 16.2. The van der Waals surface area contributed by atoms with Gasteiger partial charge >= 0.3 is 0 Å². The fourth-order valence-electron chi connectivity index (χ4n) is 2.15. The zero-order valence-electron chi connectivity index (χ0n) is 13.2. The quantitative estimate of drug-likeness (QED) is 0.844. The highest BCUT2D eigenvalue weighted by Gasteiger charge is 2.23. The molecule has 1 amide bonds. The molecule has 1 fully saturated rings. The molecule has 1 aliphatic rings. The maximum Gasteiger partial charge on any atom is 0.264 e. The number of aliphatic imine (C=N–C) groups is 1. The number of amides is 1. The molecule has 0 bridgehead atoms. The number of hydrogen-bond donors (Lipinski definition) is 1. The molecule has 124 valence electrons. The second kappa shape index (κ2) is 7.27. The third-order valence-electron chi connectivity index (χ3n) is 3.31. The third kappa shape index (κ3) is 3.62. The molecule has 0 saturated carbocycles. The number of furan rings is 1. The van der Waals surface area contributed by atoms with Gasteiger partial charge in [0, 0.05) is 0 Å². The number of rotatable bonds is 5. The summed E-state index contributed by atoms with van der Waals surface area (Å²) >= 11 is 1.30. The molecule has 1 saturated heterocycles.